The summed E-state index contributed by atoms with van der Waals surface area (Å²) >= 11 is 1.71. The van der Waals surface area contributed by atoms with Gasteiger partial charge >= 0.3 is 0 Å². The molecule has 8 heteroatoms. The van der Waals surface area contributed by atoms with Gasteiger partial charge in [0, 0.05) is 29.2 Å². The lowest BCUT2D eigenvalue weighted by Crippen LogP contribution is -2.32. The Morgan fingerprint density at radius 3 is 2.58 bits per heavy atom. The number of pyridine rings is 2. The molecule has 0 aliphatic heterocycles. The first-order chi connectivity index (χ1) is 15.0. The van der Waals surface area contributed by atoms with Crippen molar-refractivity contribution in [3.63, 3.8) is 0 Å². The average molecular weight is 436 g/mol. The average Bonchev–Trinajstić information content (AvgIpc) is 3.21. The van der Waals surface area contributed by atoms with Crippen molar-refractivity contribution in [2.24, 2.45) is 0 Å². The summed E-state index contributed by atoms with van der Waals surface area (Å²) in [5.41, 5.74) is 1.12. The fraction of sp³-hybridized carbons (Fsp3) is 0.304. The van der Waals surface area contributed by atoms with E-state index in [4.69, 9.17) is 0 Å². The Balaban J connectivity index is 1.77. The fourth-order valence-corrected chi connectivity index (χ4v) is 4.18. The zero-order valence-electron chi connectivity index (χ0n) is 17.8. The lowest BCUT2D eigenvalue weighted by Gasteiger charge is -2.19. The first-order valence-electron chi connectivity index (χ1n) is 10.2. The van der Waals surface area contributed by atoms with Gasteiger partial charge in [0.25, 0.3) is 11.5 Å². The molecule has 1 N–H and O–H groups in total. The Morgan fingerprint density at radius 1 is 1.10 bits per heavy atom. The van der Waals surface area contributed by atoms with Crippen LogP contribution in [0.4, 0.5) is 0 Å². The van der Waals surface area contributed by atoms with Gasteiger partial charge in [0.15, 0.2) is 11.5 Å². The number of hydrogen-bond donors (Lipinski definition) is 1. The molecule has 4 rings (SSSR count). The molecule has 3 heterocycles. The molecule has 0 spiro atoms. The summed E-state index contributed by atoms with van der Waals surface area (Å²) in [5, 5.41) is 12.9. The van der Waals surface area contributed by atoms with Crippen LogP contribution in [0.3, 0.4) is 0 Å². The summed E-state index contributed by atoms with van der Waals surface area (Å²) in [6.07, 6.45) is 6.31. The van der Waals surface area contributed by atoms with Crippen LogP contribution in [0.1, 0.15) is 48.5 Å². The van der Waals surface area contributed by atoms with Crippen molar-refractivity contribution in [2.45, 2.75) is 32.4 Å². The highest BCUT2D eigenvalue weighted by Crippen LogP contribution is 2.22. The molecule has 7 nitrogen and oxygen atoms in total. The van der Waals surface area contributed by atoms with E-state index < -0.39 is 0 Å². The van der Waals surface area contributed by atoms with E-state index in [2.05, 4.69) is 15.5 Å². The minimum Gasteiger partial charge on any atom is -0.342 e. The Hall–Kier alpha value is -3.13. The predicted octanol–water partition coefficient (Wildman–Crippen LogP) is 3.85. The molecular weight excluding hydrogens is 410 g/mol. The summed E-state index contributed by atoms with van der Waals surface area (Å²) in [7, 11) is 0. The summed E-state index contributed by atoms with van der Waals surface area (Å²) in [6, 6.07) is 12.6. The number of thioether (sulfide) groups is 1. The normalized spacial score (nSPS) is 12.5. The second-order valence-electron chi connectivity index (χ2n) is 7.69. The van der Waals surface area contributed by atoms with Gasteiger partial charge in [-0.2, -0.15) is 11.8 Å². The summed E-state index contributed by atoms with van der Waals surface area (Å²) in [4.78, 5) is 26.3. The lowest BCUT2D eigenvalue weighted by atomic mass is 10.1. The highest BCUT2D eigenvalue weighted by Gasteiger charge is 2.23. The first kappa shape index (κ1) is 21.1. The molecule has 3 aromatic heterocycles. The number of hydrogen-bond acceptors (Lipinski definition) is 5. The zero-order chi connectivity index (χ0) is 22.0. The quantitative estimate of drug-likeness (QED) is 0.477. The second-order valence-corrected chi connectivity index (χ2v) is 8.67. The molecule has 0 aliphatic carbocycles. The standard InChI is InChI=1S/C23H25N5O2S/c1-15(2)28-14-18(16-8-4-5-9-17(16)23(28)30)22(29)24-19(11-13-31-3)21-26-25-20-10-6-7-12-27(20)21/h4-10,12,14-15,19H,11,13H2,1-3H3,(H,24,29). The third kappa shape index (κ3) is 4.07. The second kappa shape index (κ2) is 8.93. The van der Waals surface area contributed by atoms with E-state index in [1.54, 1.807) is 28.6 Å². The molecule has 0 saturated heterocycles. The molecule has 0 aliphatic rings. The maximum Gasteiger partial charge on any atom is 0.258 e. The van der Waals surface area contributed by atoms with Crippen molar-refractivity contribution in [3.8, 4) is 0 Å². The molecule has 0 fully saturated rings. The van der Waals surface area contributed by atoms with Gasteiger partial charge in [-0.15, -0.1) is 10.2 Å². The molecule has 1 aromatic carbocycles. The van der Waals surface area contributed by atoms with Crippen LogP contribution in [-0.2, 0) is 0 Å². The number of fused-ring (bicyclic) bond motifs is 2. The maximum absolute atomic E-state index is 13.5. The minimum atomic E-state index is -0.310. The molecule has 1 unspecified atom stereocenters. The number of carbonyl (C=O) groups is 1. The number of carbonyl (C=O) groups excluding carboxylic acids is 1. The van der Waals surface area contributed by atoms with E-state index in [0.717, 1.165) is 11.4 Å². The number of amides is 1. The van der Waals surface area contributed by atoms with E-state index >= 15 is 0 Å². The van der Waals surface area contributed by atoms with Crippen LogP contribution >= 0.6 is 11.8 Å². The maximum atomic E-state index is 13.5. The van der Waals surface area contributed by atoms with Crippen molar-refractivity contribution in [1.29, 1.82) is 0 Å². The number of nitrogens with one attached hydrogen (secondary N) is 1. The van der Waals surface area contributed by atoms with Gasteiger partial charge < -0.3 is 9.88 Å². The van der Waals surface area contributed by atoms with Gasteiger partial charge in [0.05, 0.1) is 11.6 Å². The van der Waals surface area contributed by atoms with E-state index in [1.807, 2.05) is 67.1 Å². The molecule has 0 saturated carbocycles. The SMILES string of the molecule is CSCCC(NC(=O)c1cn(C(C)C)c(=O)c2ccccc12)c1nnc2ccccn12. The number of aromatic nitrogens is 4. The summed E-state index contributed by atoms with van der Waals surface area (Å²) in [6.45, 7) is 3.86. The van der Waals surface area contributed by atoms with E-state index in [1.165, 1.54) is 0 Å². The van der Waals surface area contributed by atoms with Gasteiger partial charge in [-0.3, -0.25) is 14.0 Å². The third-order valence-corrected chi connectivity index (χ3v) is 5.96. The van der Waals surface area contributed by atoms with Crippen LogP contribution in [0, 0.1) is 0 Å². The molecule has 0 radical (unpaired) electrons. The lowest BCUT2D eigenvalue weighted by molar-refractivity contribution is 0.0934. The van der Waals surface area contributed by atoms with E-state index in [-0.39, 0.29) is 23.6 Å². The van der Waals surface area contributed by atoms with Gasteiger partial charge in [-0.25, -0.2) is 0 Å². The van der Waals surface area contributed by atoms with Crippen molar-refractivity contribution < 1.29 is 4.79 Å². The predicted molar refractivity (Wildman–Crippen MR) is 125 cm³/mol. The minimum absolute atomic E-state index is 0.0589. The van der Waals surface area contributed by atoms with Crippen LogP contribution in [0.5, 0.6) is 0 Å². The smallest absolute Gasteiger partial charge is 0.258 e. The van der Waals surface area contributed by atoms with Crippen LogP contribution < -0.4 is 10.9 Å². The molecule has 1 atom stereocenters. The Morgan fingerprint density at radius 2 is 1.84 bits per heavy atom. The zero-order valence-corrected chi connectivity index (χ0v) is 18.6. The largest absolute Gasteiger partial charge is 0.342 e. The van der Waals surface area contributed by atoms with E-state index in [0.29, 0.717) is 28.6 Å². The van der Waals surface area contributed by atoms with Crippen molar-refractivity contribution in [3.05, 3.63) is 76.6 Å². The van der Waals surface area contributed by atoms with Crippen LogP contribution in [0.25, 0.3) is 16.4 Å². The Kier molecular flexibility index (Phi) is 6.08. The Labute approximate surface area is 184 Å². The van der Waals surface area contributed by atoms with Crippen molar-refractivity contribution in [1.82, 2.24) is 24.5 Å². The highest BCUT2D eigenvalue weighted by molar-refractivity contribution is 7.98. The number of nitrogens with zero attached hydrogens (tertiary/aromatic N) is 4. The van der Waals surface area contributed by atoms with Gasteiger partial charge in [-0.1, -0.05) is 24.3 Å². The number of rotatable bonds is 7. The molecular formula is C23H25N5O2S. The molecule has 4 aromatic rings. The first-order valence-corrected chi connectivity index (χ1v) is 11.6. The van der Waals surface area contributed by atoms with Crippen LogP contribution in [0.2, 0.25) is 0 Å². The highest BCUT2D eigenvalue weighted by atomic mass is 32.2. The van der Waals surface area contributed by atoms with Gasteiger partial charge in [0.2, 0.25) is 0 Å². The van der Waals surface area contributed by atoms with Crippen LogP contribution in [0.15, 0.2) is 59.7 Å². The molecule has 160 valence electrons. The fourth-order valence-electron chi connectivity index (χ4n) is 3.71. The van der Waals surface area contributed by atoms with Gasteiger partial charge in [0.1, 0.15) is 0 Å². The monoisotopic (exact) mass is 435 g/mol. The molecule has 31 heavy (non-hydrogen) atoms. The third-order valence-electron chi connectivity index (χ3n) is 5.32. The molecule has 1 amide bonds. The molecule has 0 bridgehead atoms. The van der Waals surface area contributed by atoms with Gasteiger partial charge in [-0.05, 0) is 50.5 Å². The van der Waals surface area contributed by atoms with E-state index in [9.17, 15) is 9.59 Å². The van der Waals surface area contributed by atoms with Crippen molar-refractivity contribution in [2.75, 3.05) is 12.0 Å². The van der Waals surface area contributed by atoms with Crippen LogP contribution in [-0.4, -0.2) is 37.1 Å². The Bertz CT molecular complexity index is 1290. The summed E-state index contributed by atoms with van der Waals surface area (Å²) in [5.74, 6) is 1.32. The summed E-state index contributed by atoms with van der Waals surface area (Å²) < 4.78 is 3.51. The topological polar surface area (TPSA) is 81.3 Å². The van der Waals surface area contributed by atoms with Crippen molar-refractivity contribution >= 4 is 34.1 Å². The number of benzene rings is 1.